The van der Waals surface area contributed by atoms with E-state index in [4.69, 9.17) is 0 Å². The lowest BCUT2D eigenvalue weighted by atomic mass is 10.0. The molecular formula is C7H14ClNO2. The third-order valence-electron chi connectivity index (χ3n) is 2.03. The predicted octanol–water partition coefficient (Wildman–Crippen LogP) is 0.579. The molecule has 1 heterocycles. The smallest absolute Gasteiger partial charge is 0.310 e. The minimum atomic E-state index is -0.0856. The summed E-state index contributed by atoms with van der Waals surface area (Å²) in [6, 6.07) is 0.285. The zero-order valence-electron chi connectivity index (χ0n) is 6.79. The molecule has 0 unspecified atom stereocenters. The summed E-state index contributed by atoms with van der Waals surface area (Å²) in [5.41, 5.74) is 0. The lowest BCUT2D eigenvalue weighted by molar-refractivity contribution is -0.145. The number of halogens is 1. The summed E-state index contributed by atoms with van der Waals surface area (Å²) in [6.45, 7) is 2.94. The maximum atomic E-state index is 11.0. The van der Waals surface area contributed by atoms with Crippen molar-refractivity contribution in [3.8, 4) is 0 Å². The van der Waals surface area contributed by atoms with Gasteiger partial charge < -0.3 is 10.1 Å². The van der Waals surface area contributed by atoms with Gasteiger partial charge >= 0.3 is 5.97 Å². The lowest BCUT2D eigenvalue weighted by Crippen LogP contribution is -2.28. The second kappa shape index (κ2) is 4.57. The molecule has 0 aromatic heterocycles. The number of esters is 1. The Morgan fingerprint density at radius 2 is 2.27 bits per heavy atom. The molecule has 4 heteroatoms. The molecule has 1 rings (SSSR count). The van der Waals surface area contributed by atoms with E-state index in [9.17, 15) is 4.79 Å². The van der Waals surface area contributed by atoms with Gasteiger partial charge in [-0.25, -0.2) is 0 Å². The second-order valence-corrected chi connectivity index (χ2v) is 2.66. The SMILES string of the molecule is COC(=O)[C@H]1CCN[C@@H]1C.Cl. The second-order valence-electron chi connectivity index (χ2n) is 2.66. The van der Waals surface area contributed by atoms with Crippen LogP contribution in [-0.4, -0.2) is 25.7 Å². The van der Waals surface area contributed by atoms with E-state index >= 15 is 0 Å². The molecule has 1 aliphatic heterocycles. The van der Waals surface area contributed by atoms with Crippen molar-refractivity contribution >= 4 is 18.4 Å². The van der Waals surface area contributed by atoms with Crippen LogP contribution in [0.15, 0.2) is 0 Å². The molecule has 0 aromatic carbocycles. The predicted molar refractivity (Wildman–Crippen MR) is 44.8 cm³/mol. The van der Waals surface area contributed by atoms with Gasteiger partial charge in [-0.05, 0) is 19.9 Å². The van der Waals surface area contributed by atoms with Crippen LogP contribution < -0.4 is 5.32 Å². The van der Waals surface area contributed by atoms with Crippen LogP contribution in [0.1, 0.15) is 13.3 Å². The molecule has 0 amide bonds. The summed E-state index contributed by atoms with van der Waals surface area (Å²) >= 11 is 0. The number of carbonyl (C=O) groups excluding carboxylic acids is 1. The Morgan fingerprint density at radius 3 is 2.64 bits per heavy atom. The number of hydrogen-bond donors (Lipinski definition) is 1. The molecule has 0 bridgehead atoms. The molecule has 1 aliphatic rings. The Kier molecular flexibility index (Phi) is 4.45. The molecule has 0 aromatic rings. The molecule has 2 atom stereocenters. The first-order chi connectivity index (χ1) is 4.75. The van der Waals surface area contributed by atoms with Crippen molar-refractivity contribution in [1.29, 1.82) is 0 Å². The highest BCUT2D eigenvalue weighted by atomic mass is 35.5. The van der Waals surface area contributed by atoms with Crippen LogP contribution in [0.2, 0.25) is 0 Å². The van der Waals surface area contributed by atoms with Crippen molar-refractivity contribution in [2.45, 2.75) is 19.4 Å². The van der Waals surface area contributed by atoms with Gasteiger partial charge in [0.2, 0.25) is 0 Å². The molecule has 11 heavy (non-hydrogen) atoms. The minimum Gasteiger partial charge on any atom is -0.469 e. The minimum absolute atomic E-state index is 0. The van der Waals surface area contributed by atoms with E-state index in [1.54, 1.807) is 0 Å². The Hall–Kier alpha value is -0.280. The molecule has 1 N–H and O–H groups in total. The largest absolute Gasteiger partial charge is 0.469 e. The molecule has 0 radical (unpaired) electrons. The molecule has 0 saturated carbocycles. The van der Waals surface area contributed by atoms with Crippen LogP contribution in [0.25, 0.3) is 0 Å². The fourth-order valence-corrected chi connectivity index (χ4v) is 1.33. The van der Waals surface area contributed by atoms with Crippen LogP contribution in [-0.2, 0) is 9.53 Å². The van der Waals surface area contributed by atoms with E-state index in [0.717, 1.165) is 13.0 Å². The molecule has 66 valence electrons. The van der Waals surface area contributed by atoms with Crippen LogP contribution >= 0.6 is 12.4 Å². The maximum absolute atomic E-state index is 11.0. The standard InChI is InChI=1S/C7H13NO2.ClH/c1-5-6(3-4-8-5)7(9)10-2;/h5-6,8H,3-4H2,1-2H3;1H/t5-,6+;/m1./s1. The third-order valence-corrected chi connectivity index (χ3v) is 2.03. The number of hydrogen-bond acceptors (Lipinski definition) is 3. The van der Waals surface area contributed by atoms with E-state index in [2.05, 4.69) is 10.1 Å². The average Bonchev–Trinajstić information content (AvgIpc) is 2.34. The van der Waals surface area contributed by atoms with Gasteiger partial charge in [0.15, 0.2) is 0 Å². The van der Waals surface area contributed by atoms with E-state index < -0.39 is 0 Å². The van der Waals surface area contributed by atoms with Crippen molar-refractivity contribution in [3.63, 3.8) is 0 Å². The quantitative estimate of drug-likeness (QED) is 0.599. The van der Waals surface area contributed by atoms with Crippen molar-refractivity contribution in [2.75, 3.05) is 13.7 Å². The van der Waals surface area contributed by atoms with Crippen molar-refractivity contribution < 1.29 is 9.53 Å². The third kappa shape index (κ3) is 2.34. The summed E-state index contributed by atoms with van der Waals surface area (Å²) < 4.78 is 4.63. The van der Waals surface area contributed by atoms with Crippen LogP contribution in [0.3, 0.4) is 0 Å². The van der Waals surface area contributed by atoms with Gasteiger partial charge in [0.05, 0.1) is 13.0 Å². The highest BCUT2D eigenvalue weighted by Gasteiger charge is 2.29. The molecular weight excluding hydrogens is 166 g/mol. The van der Waals surface area contributed by atoms with Crippen LogP contribution in [0.5, 0.6) is 0 Å². The summed E-state index contributed by atoms with van der Waals surface area (Å²) in [5, 5.41) is 3.18. The molecule has 0 spiro atoms. The Bertz CT molecular complexity index is 140. The number of rotatable bonds is 1. The summed E-state index contributed by atoms with van der Waals surface area (Å²) in [6.07, 6.45) is 0.911. The first-order valence-corrected chi connectivity index (χ1v) is 3.57. The highest BCUT2D eigenvalue weighted by Crippen LogP contribution is 2.15. The number of carbonyl (C=O) groups is 1. The van der Waals surface area contributed by atoms with Gasteiger partial charge in [0, 0.05) is 6.04 Å². The number of ether oxygens (including phenoxy) is 1. The molecule has 1 fully saturated rings. The van der Waals surface area contributed by atoms with Gasteiger partial charge in [-0.3, -0.25) is 4.79 Å². The zero-order chi connectivity index (χ0) is 7.56. The van der Waals surface area contributed by atoms with E-state index in [1.165, 1.54) is 7.11 Å². The zero-order valence-corrected chi connectivity index (χ0v) is 7.61. The van der Waals surface area contributed by atoms with Crippen LogP contribution in [0.4, 0.5) is 0 Å². The molecule has 0 aliphatic carbocycles. The van der Waals surface area contributed by atoms with Gasteiger partial charge in [0.1, 0.15) is 0 Å². The van der Waals surface area contributed by atoms with Gasteiger partial charge in [-0.2, -0.15) is 0 Å². The van der Waals surface area contributed by atoms with Gasteiger partial charge in [-0.1, -0.05) is 0 Å². The first kappa shape index (κ1) is 10.7. The van der Waals surface area contributed by atoms with Crippen molar-refractivity contribution in [3.05, 3.63) is 0 Å². The van der Waals surface area contributed by atoms with E-state index in [0.29, 0.717) is 0 Å². The topological polar surface area (TPSA) is 38.3 Å². The summed E-state index contributed by atoms with van der Waals surface area (Å²) in [4.78, 5) is 11.0. The molecule has 1 saturated heterocycles. The maximum Gasteiger partial charge on any atom is 0.310 e. The highest BCUT2D eigenvalue weighted by molar-refractivity contribution is 5.85. The van der Waals surface area contributed by atoms with Crippen molar-refractivity contribution in [2.24, 2.45) is 5.92 Å². The van der Waals surface area contributed by atoms with E-state index in [-0.39, 0.29) is 30.3 Å². The van der Waals surface area contributed by atoms with Gasteiger partial charge in [0.25, 0.3) is 0 Å². The summed E-state index contributed by atoms with van der Waals surface area (Å²) in [5.74, 6) is -0.0116. The average molecular weight is 180 g/mol. The lowest BCUT2D eigenvalue weighted by Gasteiger charge is -2.10. The Labute approximate surface area is 72.9 Å². The fourth-order valence-electron chi connectivity index (χ4n) is 1.33. The summed E-state index contributed by atoms with van der Waals surface area (Å²) in [7, 11) is 1.44. The fraction of sp³-hybridized carbons (Fsp3) is 0.857. The van der Waals surface area contributed by atoms with E-state index in [1.807, 2.05) is 6.92 Å². The van der Waals surface area contributed by atoms with Gasteiger partial charge in [-0.15, -0.1) is 12.4 Å². The Balaban J connectivity index is 0.000001000. The Morgan fingerprint density at radius 1 is 1.64 bits per heavy atom. The van der Waals surface area contributed by atoms with Crippen molar-refractivity contribution in [1.82, 2.24) is 5.32 Å². The number of methoxy groups -OCH3 is 1. The first-order valence-electron chi connectivity index (χ1n) is 3.57. The monoisotopic (exact) mass is 179 g/mol. The number of nitrogens with one attached hydrogen (secondary N) is 1. The van der Waals surface area contributed by atoms with Crippen LogP contribution in [0, 0.1) is 5.92 Å². The molecule has 3 nitrogen and oxygen atoms in total. The normalized spacial score (nSPS) is 29.3.